The summed E-state index contributed by atoms with van der Waals surface area (Å²) in [7, 11) is 3.56. The number of hydrogen-bond acceptors (Lipinski definition) is 2. The first-order valence-corrected chi connectivity index (χ1v) is 6.87. The highest BCUT2D eigenvalue weighted by molar-refractivity contribution is 5.13. The van der Waals surface area contributed by atoms with Crippen LogP contribution in [0.2, 0.25) is 0 Å². The predicted octanol–water partition coefficient (Wildman–Crippen LogP) is 3.77. The molecule has 0 saturated heterocycles. The zero-order valence-electron chi connectivity index (χ0n) is 11.5. The Hall–Kier alpha value is -0.340. The highest BCUT2D eigenvalue weighted by Gasteiger charge is 2.56. The smallest absolute Gasteiger partial charge is 0.163 e. The van der Waals surface area contributed by atoms with Crippen molar-refractivity contribution in [1.29, 1.82) is 0 Å². The van der Waals surface area contributed by atoms with E-state index in [4.69, 9.17) is 9.47 Å². The van der Waals surface area contributed by atoms with Gasteiger partial charge in [-0.15, -0.1) is 0 Å². The lowest BCUT2D eigenvalue weighted by Gasteiger charge is -2.47. The Morgan fingerprint density at radius 1 is 1.18 bits per heavy atom. The normalized spacial score (nSPS) is 37.2. The fraction of sp³-hybridized carbons (Fsp3) is 0.867. The second kappa shape index (κ2) is 5.11. The van der Waals surface area contributed by atoms with Gasteiger partial charge in [0.2, 0.25) is 0 Å². The van der Waals surface area contributed by atoms with Crippen molar-refractivity contribution >= 4 is 0 Å². The number of rotatable bonds is 4. The van der Waals surface area contributed by atoms with Crippen molar-refractivity contribution in [2.24, 2.45) is 17.3 Å². The summed E-state index contributed by atoms with van der Waals surface area (Å²) >= 11 is 0. The first-order chi connectivity index (χ1) is 8.16. The lowest BCUT2D eigenvalue weighted by Crippen LogP contribution is -2.47. The molecule has 2 aliphatic rings. The van der Waals surface area contributed by atoms with E-state index in [1.165, 1.54) is 44.1 Å². The minimum atomic E-state index is -0.0583. The second-order valence-corrected chi connectivity index (χ2v) is 5.83. The molecule has 3 atom stereocenters. The Morgan fingerprint density at radius 3 is 2.47 bits per heavy atom. The van der Waals surface area contributed by atoms with Gasteiger partial charge >= 0.3 is 0 Å². The minimum Gasteiger partial charge on any atom is -0.355 e. The van der Waals surface area contributed by atoms with Crippen molar-refractivity contribution in [2.75, 3.05) is 14.2 Å². The van der Waals surface area contributed by atoms with Gasteiger partial charge in [-0.25, -0.2) is 0 Å². The van der Waals surface area contributed by atoms with E-state index in [9.17, 15) is 0 Å². The van der Waals surface area contributed by atoms with E-state index < -0.39 is 0 Å². The van der Waals surface area contributed by atoms with Crippen LogP contribution >= 0.6 is 0 Å². The molecule has 0 aromatic rings. The molecule has 17 heavy (non-hydrogen) atoms. The SMILES string of the molecule is C=C(C)[C@H]1CC[C@H]2CCCC[C@]21C(OC)OC. The monoisotopic (exact) mass is 238 g/mol. The summed E-state index contributed by atoms with van der Waals surface area (Å²) < 4.78 is 11.3. The lowest BCUT2D eigenvalue weighted by atomic mass is 9.62. The van der Waals surface area contributed by atoms with Crippen LogP contribution in [0.4, 0.5) is 0 Å². The number of ether oxygens (including phenoxy) is 2. The molecule has 0 heterocycles. The fourth-order valence-corrected chi connectivity index (χ4v) is 4.52. The minimum absolute atomic E-state index is 0.0583. The van der Waals surface area contributed by atoms with E-state index in [0.717, 1.165) is 5.92 Å². The van der Waals surface area contributed by atoms with E-state index in [2.05, 4.69) is 13.5 Å². The molecule has 0 N–H and O–H groups in total. The molecule has 2 heteroatoms. The molecule has 2 saturated carbocycles. The number of fused-ring (bicyclic) bond motifs is 1. The zero-order chi connectivity index (χ0) is 12.5. The Kier molecular flexibility index (Phi) is 3.94. The molecule has 0 radical (unpaired) electrons. The molecule has 2 aliphatic carbocycles. The molecule has 0 bridgehead atoms. The van der Waals surface area contributed by atoms with Crippen molar-refractivity contribution < 1.29 is 9.47 Å². The Bertz CT molecular complexity index is 283. The number of allylic oxidation sites excluding steroid dienone is 1. The third-order valence-electron chi connectivity index (χ3n) is 5.09. The maximum absolute atomic E-state index is 5.66. The average molecular weight is 238 g/mol. The van der Waals surface area contributed by atoms with E-state index >= 15 is 0 Å². The van der Waals surface area contributed by atoms with Gasteiger partial charge in [-0.05, 0) is 44.4 Å². The first-order valence-electron chi connectivity index (χ1n) is 6.87. The summed E-state index contributed by atoms with van der Waals surface area (Å²) in [5.74, 6) is 1.35. The van der Waals surface area contributed by atoms with Crippen LogP contribution in [0.1, 0.15) is 45.4 Å². The summed E-state index contributed by atoms with van der Waals surface area (Å²) in [5, 5.41) is 0. The van der Waals surface area contributed by atoms with Crippen LogP contribution in [0.15, 0.2) is 12.2 Å². The molecule has 2 fully saturated rings. The number of methoxy groups -OCH3 is 2. The van der Waals surface area contributed by atoms with Crippen LogP contribution in [0.5, 0.6) is 0 Å². The summed E-state index contributed by atoms with van der Waals surface area (Å²) in [6, 6.07) is 0. The van der Waals surface area contributed by atoms with E-state index in [0.29, 0.717) is 5.92 Å². The van der Waals surface area contributed by atoms with Crippen LogP contribution in [-0.2, 0) is 9.47 Å². The number of hydrogen-bond donors (Lipinski definition) is 0. The van der Waals surface area contributed by atoms with Crippen molar-refractivity contribution in [1.82, 2.24) is 0 Å². The Balaban J connectivity index is 2.34. The highest BCUT2D eigenvalue weighted by atomic mass is 16.7. The third-order valence-corrected chi connectivity index (χ3v) is 5.09. The van der Waals surface area contributed by atoms with Crippen LogP contribution in [-0.4, -0.2) is 20.5 Å². The summed E-state index contributed by atoms with van der Waals surface area (Å²) in [5.41, 5.74) is 1.52. The van der Waals surface area contributed by atoms with E-state index in [1.807, 2.05) is 0 Å². The Morgan fingerprint density at radius 2 is 1.88 bits per heavy atom. The predicted molar refractivity (Wildman–Crippen MR) is 69.7 cm³/mol. The topological polar surface area (TPSA) is 18.5 Å². The molecule has 0 unspecified atom stereocenters. The van der Waals surface area contributed by atoms with Gasteiger partial charge in [-0.2, -0.15) is 0 Å². The van der Waals surface area contributed by atoms with Crippen LogP contribution in [0.3, 0.4) is 0 Å². The largest absolute Gasteiger partial charge is 0.355 e. The lowest BCUT2D eigenvalue weighted by molar-refractivity contribution is -0.209. The van der Waals surface area contributed by atoms with Crippen molar-refractivity contribution in [2.45, 2.75) is 51.7 Å². The van der Waals surface area contributed by atoms with Crippen LogP contribution in [0.25, 0.3) is 0 Å². The van der Waals surface area contributed by atoms with Crippen LogP contribution in [0, 0.1) is 17.3 Å². The summed E-state index contributed by atoms with van der Waals surface area (Å²) in [4.78, 5) is 0. The zero-order valence-corrected chi connectivity index (χ0v) is 11.5. The van der Waals surface area contributed by atoms with Crippen molar-refractivity contribution in [3.63, 3.8) is 0 Å². The molecule has 98 valence electrons. The van der Waals surface area contributed by atoms with Gasteiger partial charge in [0.05, 0.1) is 0 Å². The van der Waals surface area contributed by atoms with E-state index in [1.54, 1.807) is 14.2 Å². The van der Waals surface area contributed by atoms with Gasteiger partial charge < -0.3 is 9.47 Å². The van der Waals surface area contributed by atoms with Gasteiger partial charge in [0.25, 0.3) is 0 Å². The Labute approximate surface area is 105 Å². The van der Waals surface area contributed by atoms with Gasteiger partial charge in [0.1, 0.15) is 0 Å². The van der Waals surface area contributed by atoms with Gasteiger partial charge in [-0.1, -0.05) is 25.0 Å². The third kappa shape index (κ3) is 1.96. The molecule has 0 aliphatic heterocycles. The van der Waals surface area contributed by atoms with Gasteiger partial charge in [0, 0.05) is 19.6 Å². The van der Waals surface area contributed by atoms with Gasteiger partial charge in [-0.3, -0.25) is 0 Å². The van der Waals surface area contributed by atoms with Gasteiger partial charge in [0.15, 0.2) is 6.29 Å². The maximum Gasteiger partial charge on any atom is 0.163 e. The molecular formula is C15H26O2. The maximum atomic E-state index is 5.66. The average Bonchev–Trinajstić information content (AvgIpc) is 2.70. The molecule has 2 rings (SSSR count). The van der Waals surface area contributed by atoms with Crippen molar-refractivity contribution in [3.8, 4) is 0 Å². The second-order valence-electron chi connectivity index (χ2n) is 5.83. The van der Waals surface area contributed by atoms with E-state index in [-0.39, 0.29) is 11.7 Å². The molecule has 0 spiro atoms. The summed E-state index contributed by atoms with van der Waals surface area (Å²) in [6.45, 7) is 6.39. The van der Waals surface area contributed by atoms with Crippen molar-refractivity contribution in [3.05, 3.63) is 12.2 Å². The quantitative estimate of drug-likeness (QED) is 0.548. The van der Waals surface area contributed by atoms with Crippen LogP contribution < -0.4 is 0 Å². The highest BCUT2D eigenvalue weighted by Crippen LogP contribution is 2.60. The standard InChI is InChI=1S/C15H26O2/c1-11(2)13-9-8-12-7-5-6-10-15(12,13)14(16-3)17-4/h12-14H,1,5-10H2,2-4H3/t12-,13-,15+/m1/s1. The fourth-order valence-electron chi connectivity index (χ4n) is 4.52. The molecule has 0 aromatic carbocycles. The molecule has 0 amide bonds. The first kappa shape index (κ1) is 13.1. The molecule has 0 aromatic heterocycles. The molecule has 2 nitrogen and oxygen atoms in total. The summed E-state index contributed by atoms with van der Waals surface area (Å²) in [6.07, 6.45) is 7.79. The molecular weight excluding hydrogens is 212 g/mol.